The molecule has 1 heterocycles. The third-order valence-electron chi connectivity index (χ3n) is 4.28. The number of fused-ring (bicyclic) bond motifs is 3. The Bertz CT molecular complexity index is 701. The molecule has 0 fully saturated rings. The molecule has 18 heavy (non-hydrogen) atoms. The predicted molar refractivity (Wildman–Crippen MR) is 79.0 cm³/mol. The van der Waals surface area contributed by atoms with Crippen molar-refractivity contribution < 1.29 is 0 Å². The van der Waals surface area contributed by atoms with Gasteiger partial charge in [-0.3, -0.25) is 0 Å². The SMILES string of the molecule is CCC(C)(C)n1c2c(c3ccccc31)=CCCC=2. The Balaban J connectivity index is 2.53. The molecule has 0 atom stereocenters. The summed E-state index contributed by atoms with van der Waals surface area (Å²) in [5.41, 5.74) is 1.55. The molecule has 0 radical (unpaired) electrons. The number of para-hydroxylation sites is 1. The van der Waals surface area contributed by atoms with Gasteiger partial charge in [0.1, 0.15) is 0 Å². The van der Waals surface area contributed by atoms with Crippen LogP contribution in [0.3, 0.4) is 0 Å². The zero-order chi connectivity index (χ0) is 12.8. The van der Waals surface area contributed by atoms with Gasteiger partial charge in [-0.1, -0.05) is 37.3 Å². The van der Waals surface area contributed by atoms with Gasteiger partial charge in [-0.05, 0) is 39.2 Å². The van der Waals surface area contributed by atoms with Crippen molar-refractivity contribution >= 4 is 23.1 Å². The van der Waals surface area contributed by atoms with Crippen LogP contribution in [-0.4, -0.2) is 4.57 Å². The summed E-state index contributed by atoms with van der Waals surface area (Å²) in [5, 5.41) is 4.28. The first-order valence-corrected chi connectivity index (χ1v) is 6.95. The second kappa shape index (κ2) is 4.01. The van der Waals surface area contributed by atoms with Gasteiger partial charge >= 0.3 is 0 Å². The molecule has 0 amide bonds. The molecule has 0 N–H and O–H groups in total. The molecule has 0 saturated carbocycles. The highest BCUT2D eigenvalue weighted by Crippen LogP contribution is 2.23. The van der Waals surface area contributed by atoms with Gasteiger partial charge < -0.3 is 4.57 Å². The quantitative estimate of drug-likeness (QED) is 0.758. The lowest BCUT2D eigenvalue weighted by Crippen LogP contribution is -2.39. The molecule has 3 rings (SSSR count). The van der Waals surface area contributed by atoms with Crippen molar-refractivity contribution in [3.05, 3.63) is 34.8 Å². The average Bonchev–Trinajstić information content (AvgIpc) is 2.74. The molecule has 1 nitrogen and oxygen atoms in total. The maximum absolute atomic E-state index is 2.54. The maximum Gasteiger partial charge on any atom is 0.0496 e. The van der Waals surface area contributed by atoms with Gasteiger partial charge in [0.15, 0.2) is 0 Å². The van der Waals surface area contributed by atoms with Gasteiger partial charge in [0.25, 0.3) is 0 Å². The number of nitrogens with zero attached hydrogens (tertiary/aromatic N) is 1. The summed E-state index contributed by atoms with van der Waals surface area (Å²) in [6.45, 7) is 6.94. The Kier molecular flexibility index (Phi) is 2.58. The highest BCUT2D eigenvalue weighted by atomic mass is 15.0. The molecule has 94 valence electrons. The van der Waals surface area contributed by atoms with Gasteiger partial charge in [0, 0.05) is 27.0 Å². The molecule has 1 aliphatic carbocycles. The fourth-order valence-electron chi connectivity index (χ4n) is 2.96. The molecule has 0 bridgehead atoms. The van der Waals surface area contributed by atoms with Crippen LogP contribution in [0, 0.1) is 0 Å². The molecule has 0 unspecified atom stereocenters. The number of hydrogen-bond acceptors (Lipinski definition) is 0. The second-order valence-corrected chi connectivity index (χ2v) is 5.80. The summed E-state index contributed by atoms with van der Waals surface area (Å²) >= 11 is 0. The van der Waals surface area contributed by atoms with Gasteiger partial charge in [0.2, 0.25) is 0 Å². The largest absolute Gasteiger partial charge is 0.335 e. The van der Waals surface area contributed by atoms with Crippen molar-refractivity contribution in [2.45, 2.75) is 45.6 Å². The lowest BCUT2D eigenvalue weighted by Gasteiger charge is -2.27. The molecule has 0 spiro atoms. The molecule has 1 heteroatoms. The summed E-state index contributed by atoms with van der Waals surface area (Å²) in [5.74, 6) is 0. The number of aromatic nitrogens is 1. The molecule has 1 aromatic heterocycles. The van der Waals surface area contributed by atoms with Crippen LogP contribution in [0.15, 0.2) is 24.3 Å². The predicted octanol–water partition coefficient (Wildman–Crippen LogP) is 3.14. The zero-order valence-electron chi connectivity index (χ0n) is 11.5. The van der Waals surface area contributed by atoms with E-state index in [1.165, 1.54) is 34.3 Å². The Morgan fingerprint density at radius 2 is 1.83 bits per heavy atom. The topological polar surface area (TPSA) is 4.93 Å². The molecule has 0 aliphatic heterocycles. The van der Waals surface area contributed by atoms with E-state index in [2.05, 4.69) is 61.8 Å². The smallest absolute Gasteiger partial charge is 0.0496 e. The Morgan fingerprint density at radius 3 is 2.61 bits per heavy atom. The normalized spacial score (nSPS) is 15.1. The van der Waals surface area contributed by atoms with Crippen molar-refractivity contribution in [2.75, 3.05) is 0 Å². The summed E-state index contributed by atoms with van der Waals surface area (Å²) in [4.78, 5) is 0. The second-order valence-electron chi connectivity index (χ2n) is 5.80. The van der Waals surface area contributed by atoms with Crippen LogP contribution in [0.5, 0.6) is 0 Å². The minimum Gasteiger partial charge on any atom is -0.335 e. The average molecular weight is 239 g/mol. The minimum absolute atomic E-state index is 0.175. The van der Waals surface area contributed by atoms with Crippen molar-refractivity contribution in [3.8, 4) is 0 Å². The van der Waals surface area contributed by atoms with Crippen LogP contribution in [0.25, 0.3) is 23.1 Å². The first-order chi connectivity index (χ1) is 8.65. The van der Waals surface area contributed by atoms with Crippen LogP contribution in [0.4, 0.5) is 0 Å². The molecular weight excluding hydrogens is 218 g/mol. The Morgan fingerprint density at radius 1 is 1.11 bits per heavy atom. The number of rotatable bonds is 2. The van der Waals surface area contributed by atoms with E-state index in [1.807, 2.05) is 0 Å². The van der Waals surface area contributed by atoms with Crippen molar-refractivity contribution in [1.29, 1.82) is 0 Å². The van der Waals surface area contributed by atoms with Crippen LogP contribution in [0.2, 0.25) is 0 Å². The van der Waals surface area contributed by atoms with Crippen LogP contribution >= 0.6 is 0 Å². The van der Waals surface area contributed by atoms with E-state index < -0.39 is 0 Å². The minimum atomic E-state index is 0.175. The summed E-state index contributed by atoms with van der Waals surface area (Å²) in [6.07, 6.45) is 8.30. The number of hydrogen-bond donors (Lipinski definition) is 0. The Hall–Kier alpha value is -1.50. The summed E-state index contributed by atoms with van der Waals surface area (Å²) < 4.78 is 2.54. The van der Waals surface area contributed by atoms with E-state index in [0.29, 0.717) is 0 Å². The van der Waals surface area contributed by atoms with Crippen LogP contribution in [-0.2, 0) is 5.54 Å². The monoisotopic (exact) mass is 239 g/mol. The van der Waals surface area contributed by atoms with Gasteiger partial charge in [-0.2, -0.15) is 0 Å². The van der Waals surface area contributed by atoms with Crippen molar-refractivity contribution in [1.82, 2.24) is 4.57 Å². The lowest BCUT2D eigenvalue weighted by molar-refractivity contribution is 0.346. The van der Waals surface area contributed by atoms with E-state index in [4.69, 9.17) is 0 Å². The highest BCUT2D eigenvalue weighted by Gasteiger charge is 2.22. The van der Waals surface area contributed by atoms with Crippen molar-refractivity contribution in [3.63, 3.8) is 0 Å². The summed E-state index contributed by atoms with van der Waals surface area (Å²) in [7, 11) is 0. The van der Waals surface area contributed by atoms with Gasteiger partial charge in [-0.15, -0.1) is 0 Å². The highest BCUT2D eigenvalue weighted by molar-refractivity contribution is 5.82. The van der Waals surface area contributed by atoms with Gasteiger partial charge in [-0.25, -0.2) is 0 Å². The molecular formula is C17H21N. The molecule has 2 aromatic rings. The van der Waals surface area contributed by atoms with E-state index in [-0.39, 0.29) is 5.54 Å². The standard InChI is InChI=1S/C17H21N/c1-4-17(2,3)18-15-11-7-5-9-13(15)14-10-6-8-12-16(14)18/h5,7,9-12H,4,6,8H2,1-3H3. The Labute approximate surface area is 108 Å². The maximum atomic E-state index is 2.54. The fraction of sp³-hybridized carbons (Fsp3) is 0.412. The van der Waals surface area contributed by atoms with E-state index in [0.717, 1.165) is 6.42 Å². The zero-order valence-corrected chi connectivity index (χ0v) is 11.5. The van der Waals surface area contributed by atoms with E-state index >= 15 is 0 Å². The van der Waals surface area contributed by atoms with Crippen molar-refractivity contribution in [2.24, 2.45) is 0 Å². The summed E-state index contributed by atoms with van der Waals surface area (Å²) in [6, 6.07) is 8.81. The first kappa shape index (κ1) is 11.6. The molecule has 1 aromatic carbocycles. The van der Waals surface area contributed by atoms with Crippen LogP contribution < -0.4 is 10.6 Å². The van der Waals surface area contributed by atoms with Gasteiger partial charge in [0.05, 0.1) is 0 Å². The lowest BCUT2D eigenvalue weighted by atomic mass is 10.0. The molecule has 0 saturated heterocycles. The fourth-order valence-corrected chi connectivity index (χ4v) is 2.96. The number of benzene rings is 1. The molecule has 1 aliphatic rings. The third-order valence-corrected chi connectivity index (χ3v) is 4.28. The third kappa shape index (κ3) is 1.53. The van der Waals surface area contributed by atoms with E-state index in [1.54, 1.807) is 0 Å². The van der Waals surface area contributed by atoms with Crippen LogP contribution in [0.1, 0.15) is 40.0 Å². The first-order valence-electron chi connectivity index (χ1n) is 6.95. The van der Waals surface area contributed by atoms with E-state index in [9.17, 15) is 0 Å².